The molecule has 0 aromatic heterocycles. The summed E-state index contributed by atoms with van der Waals surface area (Å²) in [6, 6.07) is 0. The van der Waals surface area contributed by atoms with E-state index in [1.165, 1.54) is 0 Å². The van der Waals surface area contributed by atoms with Gasteiger partial charge in [-0.05, 0) is 25.7 Å². The average Bonchev–Trinajstić information content (AvgIpc) is 1.82. The van der Waals surface area contributed by atoms with Crippen molar-refractivity contribution in [3.63, 3.8) is 0 Å². The Morgan fingerprint density at radius 1 is 1.00 bits per heavy atom. The van der Waals surface area contributed by atoms with Crippen molar-refractivity contribution < 1.29 is 0 Å². The summed E-state index contributed by atoms with van der Waals surface area (Å²) in [6.45, 7) is 6.28. The summed E-state index contributed by atoms with van der Waals surface area (Å²) in [7, 11) is 0. The molecular formula is C8H16Cl2. The maximum atomic E-state index is 6.00. The lowest BCUT2D eigenvalue weighted by Gasteiger charge is -2.13. The van der Waals surface area contributed by atoms with E-state index in [4.69, 9.17) is 23.2 Å². The minimum absolute atomic E-state index is 0.264. The average molecular weight is 183 g/mol. The largest absolute Gasteiger partial charge is 0.123 e. The molecule has 0 aliphatic rings. The third-order valence-corrected chi connectivity index (χ3v) is 2.50. The molecule has 0 nitrogen and oxygen atoms in total. The predicted octanol–water partition coefficient (Wildman–Crippen LogP) is 3.66. The molecule has 0 aromatic carbocycles. The van der Waals surface area contributed by atoms with Gasteiger partial charge >= 0.3 is 0 Å². The summed E-state index contributed by atoms with van der Waals surface area (Å²) >= 11 is 11.8. The summed E-state index contributed by atoms with van der Waals surface area (Å²) in [4.78, 5) is 0. The quantitative estimate of drug-likeness (QED) is 0.583. The van der Waals surface area contributed by atoms with Crippen LogP contribution in [0.5, 0.6) is 0 Å². The van der Waals surface area contributed by atoms with Crippen LogP contribution < -0.4 is 0 Å². The highest BCUT2D eigenvalue weighted by molar-refractivity contribution is 6.21. The molecule has 0 fully saturated rings. The molecule has 0 rings (SSSR count). The zero-order valence-electron chi connectivity index (χ0n) is 6.90. The fourth-order valence-electron chi connectivity index (χ4n) is 0.722. The SMILES string of the molecule is CC(Cl)CCC(Cl)C(C)C. The molecule has 2 atom stereocenters. The zero-order valence-corrected chi connectivity index (χ0v) is 8.41. The second-order valence-corrected chi connectivity index (χ2v) is 4.42. The molecule has 0 radical (unpaired) electrons. The van der Waals surface area contributed by atoms with Crippen LogP contribution >= 0.6 is 23.2 Å². The summed E-state index contributed by atoms with van der Waals surface area (Å²) in [5, 5.41) is 0.557. The van der Waals surface area contributed by atoms with Crippen molar-refractivity contribution in [2.75, 3.05) is 0 Å². The van der Waals surface area contributed by atoms with Crippen LogP contribution in [0.1, 0.15) is 33.6 Å². The minimum Gasteiger partial charge on any atom is -0.123 e. The van der Waals surface area contributed by atoms with Gasteiger partial charge in [0.05, 0.1) is 0 Å². The van der Waals surface area contributed by atoms with Crippen molar-refractivity contribution >= 4 is 23.2 Å². The van der Waals surface area contributed by atoms with Gasteiger partial charge in [0.2, 0.25) is 0 Å². The van der Waals surface area contributed by atoms with Gasteiger partial charge in [-0.15, -0.1) is 23.2 Å². The first-order valence-corrected chi connectivity index (χ1v) is 4.69. The summed E-state index contributed by atoms with van der Waals surface area (Å²) in [5.74, 6) is 0.567. The van der Waals surface area contributed by atoms with Crippen LogP contribution in [0.2, 0.25) is 0 Å². The van der Waals surface area contributed by atoms with Crippen LogP contribution in [-0.4, -0.2) is 10.8 Å². The van der Waals surface area contributed by atoms with Crippen molar-refractivity contribution in [2.24, 2.45) is 5.92 Å². The Labute approximate surface area is 73.9 Å². The van der Waals surface area contributed by atoms with E-state index in [1.807, 2.05) is 6.92 Å². The minimum atomic E-state index is 0.264. The maximum Gasteiger partial charge on any atom is 0.0359 e. The van der Waals surface area contributed by atoms with Crippen molar-refractivity contribution in [3.05, 3.63) is 0 Å². The van der Waals surface area contributed by atoms with Gasteiger partial charge in [0.15, 0.2) is 0 Å². The van der Waals surface area contributed by atoms with Gasteiger partial charge in [0, 0.05) is 10.8 Å². The van der Waals surface area contributed by atoms with E-state index in [1.54, 1.807) is 0 Å². The third-order valence-electron chi connectivity index (χ3n) is 1.56. The van der Waals surface area contributed by atoms with Gasteiger partial charge in [-0.25, -0.2) is 0 Å². The molecule has 0 aliphatic heterocycles. The number of halogens is 2. The lowest BCUT2D eigenvalue weighted by atomic mass is 10.1. The van der Waals surface area contributed by atoms with Crippen LogP contribution in [0, 0.1) is 5.92 Å². The molecule has 0 saturated heterocycles. The molecule has 2 heteroatoms. The molecule has 0 amide bonds. The van der Waals surface area contributed by atoms with Gasteiger partial charge in [-0.3, -0.25) is 0 Å². The Morgan fingerprint density at radius 3 is 1.80 bits per heavy atom. The Hall–Kier alpha value is 0.580. The van der Waals surface area contributed by atoms with Crippen LogP contribution in [0.3, 0.4) is 0 Å². The molecule has 0 spiro atoms. The molecule has 0 aromatic rings. The second kappa shape index (κ2) is 5.26. The van der Waals surface area contributed by atoms with E-state index in [-0.39, 0.29) is 5.38 Å². The first-order valence-electron chi connectivity index (χ1n) is 3.82. The number of alkyl halides is 2. The molecule has 0 N–H and O–H groups in total. The first kappa shape index (κ1) is 10.6. The van der Waals surface area contributed by atoms with Crippen molar-refractivity contribution in [1.29, 1.82) is 0 Å². The highest BCUT2D eigenvalue weighted by atomic mass is 35.5. The summed E-state index contributed by atoms with van der Waals surface area (Å²) < 4.78 is 0. The number of hydrogen-bond acceptors (Lipinski definition) is 0. The van der Waals surface area contributed by atoms with E-state index in [0.29, 0.717) is 11.3 Å². The lowest BCUT2D eigenvalue weighted by molar-refractivity contribution is 0.545. The van der Waals surface area contributed by atoms with Gasteiger partial charge in [-0.2, -0.15) is 0 Å². The van der Waals surface area contributed by atoms with Gasteiger partial charge in [0.1, 0.15) is 0 Å². The highest BCUT2D eigenvalue weighted by Crippen LogP contribution is 2.17. The molecule has 10 heavy (non-hydrogen) atoms. The fraction of sp³-hybridized carbons (Fsp3) is 1.00. The Morgan fingerprint density at radius 2 is 1.50 bits per heavy atom. The predicted molar refractivity (Wildman–Crippen MR) is 49.0 cm³/mol. The lowest BCUT2D eigenvalue weighted by Crippen LogP contribution is -2.09. The molecule has 2 unspecified atom stereocenters. The molecule has 62 valence electrons. The molecule has 0 aliphatic carbocycles. The zero-order chi connectivity index (χ0) is 8.15. The second-order valence-electron chi connectivity index (χ2n) is 3.12. The molecular weight excluding hydrogens is 167 g/mol. The van der Waals surface area contributed by atoms with E-state index in [2.05, 4.69) is 13.8 Å². The van der Waals surface area contributed by atoms with Crippen LogP contribution in [-0.2, 0) is 0 Å². The molecule has 0 bridgehead atoms. The number of rotatable bonds is 4. The van der Waals surface area contributed by atoms with Crippen molar-refractivity contribution in [3.8, 4) is 0 Å². The summed E-state index contributed by atoms with van der Waals surface area (Å²) in [5.41, 5.74) is 0. The Kier molecular flexibility index (Phi) is 5.56. The first-order chi connectivity index (χ1) is 4.54. The van der Waals surface area contributed by atoms with Crippen LogP contribution in [0.15, 0.2) is 0 Å². The van der Waals surface area contributed by atoms with E-state index >= 15 is 0 Å². The Balaban J connectivity index is 3.30. The van der Waals surface area contributed by atoms with Crippen molar-refractivity contribution in [2.45, 2.75) is 44.4 Å². The van der Waals surface area contributed by atoms with Crippen LogP contribution in [0.25, 0.3) is 0 Å². The standard InChI is InChI=1S/C8H16Cl2/c1-6(2)8(10)5-4-7(3)9/h6-8H,4-5H2,1-3H3. The van der Waals surface area contributed by atoms with E-state index < -0.39 is 0 Å². The van der Waals surface area contributed by atoms with E-state index in [0.717, 1.165) is 12.8 Å². The topological polar surface area (TPSA) is 0 Å². The number of hydrogen-bond donors (Lipinski definition) is 0. The van der Waals surface area contributed by atoms with Gasteiger partial charge in [-0.1, -0.05) is 13.8 Å². The highest BCUT2D eigenvalue weighted by Gasteiger charge is 2.09. The van der Waals surface area contributed by atoms with Crippen LogP contribution in [0.4, 0.5) is 0 Å². The normalized spacial score (nSPS) is 17.4. The van der Waals surface area contributed by atoms with Gasteiger partial charge < -0.3 is 0 Å². The van der Waals surface area contributed by atoms with Crippen molar-refractivity contribution in [1.82, 2.24) is 0 Å². The monoisotopic (exact) mass is 182 g/mol. The fourth-order valence-corrected chi connectivity index (χ4v) is 0.974. The summed E-state index contributed by atoms with van der Waals surface area (Å²) in [6.07, 6.45) is 2.05. The third kappa shape index (κ3) is 5.37. The Bertz CT molecular complexity index is 79.3. The molecule has 0 heterocycles. The maximum absolute atomic E-state index is 6.00. The van der Waals surface area contributed by atoms with Gasteiger partial charge in [0.25, 0.3) is 0 Å². The smallest absolute Gasteiger partial charge is 0.0359 e. The van der Waals surface area contributed by atoms with E-state index in [9.17, 15) is 0 Å². The molecule has 0 saturated carbocycles.